The molecule has 0 bridgehead atoms. The van der Waals surface area contributed by atoms with E-state index in [2.05, 4.69) is 10.3 Å². The molecule has 1 atom stereocenters. The number of hydrogen-bond donors (Lipinski definition) is 2. The van der Waals surface area contributed by atoms with Gasteiger partial charge in [-0.25, -0.2) is 18.6 Å². The van der Waals surface area contributed by atoms with Gasteiger partial charge in [-0.2, -0.15) is 0 Å². The van der Waals surface area contributed by atoms with Crippen LogP contribution in [-0.2, 0) is 21.2 Å². The maximum atomic E-state index is 12.5. The van der Waals surface area contributed by atoms with Gasteiger partial charge < -0.3 is 4.57 Å². The van der Waals surface area contributed by atoms with Gasteiger partial charge in [0.1, 0.15) is 0 Å². The maximum Gasteiger partial charge on any atom is 0.264 e. The number of hydroxylamine groups is 1. The van der Waals surface area contributed by atoms with Crippen molar-refractivity contribution in [1.29, 1.82) is 0 Å². The van der Waals surface area contributed by atoms with E-state index in [0.717, 1.165) is 17.5 Å². The Kier molecular flexibility index (Phi) is 5.85. The number of pyridine rings is 1. The topological polar surface area (TPSA) is 136 Å². The standard InChI is InChI=1S/C19H21N5O5S/c1-19(18(26)21-27,30(2,28)29)8-11-23-10-7-15(13-17(23)25)14-3-5-16(6-4-14)24-12-9-20-22-24/h3-7,9-10,12-13,27H,8,11H2,1-2H3,(H,21,26). The van der Waals surface area contributed by atoms with E-state index in [9.17, 15) is 18.0 Å². The SMILES string of the molecule is CC(CCn1ccc(-c2ccc(-n3ccnn3)cc2)cc1=O)(C(=O)NO)S(C)(=O)=O. The van der Waals surface area contributed by atoms with Crippen LogP contribution in [0.25, 0.3) is 16.8 Å². The van der Waals surface area contributed by atoms with Crippen molar-refractivity contribution in [2.75, 3.05) is 6.26 Å². The number of aryl methyl sites for hydroxylation is 1. The molecule has 0 fully saturated rings. The predicted molar refractivity (Wildman–Crippen MR) is 109 cm³/mol. The van der Waals surface area contributed by atoms with Crippen LogP contribution in [0, 0.1) is 0 Å². The largest absolute Gasteiger partial charge is 0.315 e. The zero-order chi connectivity index (χ0) is 21.9. The van der Waals surface area contributed by atoms with Gasteiger partial charge in [0.05, 0.1) is 18.1 Å². The number of hydrogen-bond acceptors (Lipinski definition) is 7. The van der Waals surface area contributed by atoms with Crippen LogP contribution in [0.2, 0.25) is 0 Å². The number of aromatic nitrogens is 4. The molecule has 30 heavy (non-hydrogen) atoms. The highest BCUT2D eigenvalue weighted by Crippen LogP contribution is 2.23. The second-order valence-corrected chi connectivity index (χ2v) is 9.48. The lowest BCUT2D eigenvalue weighted by atomic mass is 10.1. The summed E-state index contributed by atoms with van der Waals surface area (Å²) in [6.07, 6.45) is 5.58. The molecule has 2 heterocycles. The van der Waals surface area contributed by atoms with Gasteiger partial charge in [-0.05, 0) is 42.7 Å². The molecule has 3 rings (SSSR count). The molecule has 1 amide bonds. The second kappa shape index (κ2) is 8.20. The Morgan fingerprint density at radius 1 is 1.17 bits per heavy atom. The van der Waals surface area contributed by atoms with Crippen molar-refractivity contribution in [1.82, 2.24) is 25.0 Å². The molecule has 0 radical (unpaired) electrons. The fourth-order valence-electron chi connectivity index (χ4n) is 2.94. The summed E-state index contributed by atoms with van der Waals surface area (Å²) in [5.41, 5.74) is 3.40. The maximum absolute atomic E-state index is 12.5. The van der Waals surface area contributed by atoms with E-state index in [4.69, 9.17) is 5.21 Å². The van der Waals surface area contributed by atoms with Crippen LogP contribution in [0.3, 0.4) is 0 Å². The van der Waals surface area contributed by atoms with Crippen LogP contribution in [0.4, 0.5) is 0 Å². The molecule has 1 unspecified atom stereocenters. The van der Waals surface area contributed by atoms with Gasteiger partial charge in [0.2, 0.25) is 0 Å². The highest BCUT2D eigenvalue weighted by Gasteiger charge is 2.43. The molecule has 0 saturated heterocycles. The van der Waals surface area contributed by atoms with Gasteiger partial charge in [-0.1, -0.05) is 17.3 Å². The molecule has 158 valence electrons. The molecule has 1 aromatic carbocycles. The summed E-state index contributed by atoms with van der Waals surface area (Å²) in [4.78, 5) is 24.4. The Labute approximate surface area is 172 Å². The first-order valence-corrected chi connectivity index (χ1v) is 10.9. The molecule has 3 aromatic rings. The van der Waals surface area contributed by atoms with Crippen LogP contribution < -0.4 is 11.0 Å². The summed E-state index contributed by atoms with van der Waals surface area (Å²) < 4.78 is 25.2. The summed E-state index contributed by atoms with van der Waals surface area (Å²) in [6, 6.07) is 10.6. The van der Waals surface area contributed by atoms with E-state index in [1.54, 1.807) is 29.3 Å². The van der Waals surface area contributed by atoms with Gasteiger partial charge in [-0.15, -0.1) is 5.10 Å². The molecule has 0 aliphatic heterocycles. The van der Waals surface area contributed by atoms with Crippen LogP contribution in [0.5, 0.6) is 0 Å². The van der Waals surface area contributed by atoms with Crippen molar-refractivity contribution in [3.05, 3.63) is 65.3 Å². The minimum Gasteiger partial charge on any atom is -0.315 e. The average molecular weight is 431 g/mol. The normalized spacial score (nSPS) is 13.6. The van der Waals surface area contributed by atoms with Crippen LogP contribution in [0.1, 0.15) is 13.3 Å². The number of nitrogens with one attached hydrogen (secondary N) is 1. The van der Waals surface area contributed by atoms with Gasteiger partial charge in [0.25, 0.3) is 11.5 Å². The Balaban J connectivity index is 1.80. The quantitative estimate of drug-likeness (QED) is 0.417. The fourth-order valence-corrected chi connectivity index (χ4v) is 3.79. The summed E-state index contributed by atoms with van der Waals surface area (Å²) in [5, 5.41) is 16.6. The smallest absolute Gasteiger partial charge is 0.264 e. The lowest BCUT2D eigenvalue weighted by Gasteiger charge is -2.25. The molecule has 0 aliphatic rings. The van der Waals surface area contributed by atoms with Gasteiger partial charge in [0.15, 0.2) is 14.6 Å². The molecule has 0 aliphatic carbocycles. The van der Waals surface area contributed by atoms with Crippen LogP contribution >= 0.6 is 0 Å². The predicted octanol–water partition coefficient (Wildman–Crippen LogP) is 0.795. The summed E-state index contributed by atoms with van der Waals surface area (Å²) in [6.45, 7) is 1.20. The number of amides is 1. The summed E-state index contributed by atoms with van der Waals surface area (Å²) in [5.74, 6) is -1.04. The first-order chi connectivity index (χ1) is 14.2. The molecule has 11 heteroatoms. The van der Waals surface area contributed by atoms with E-state index >= 15 is 0 Å². The van der Waals surface area contributed by atoms with Crippen LogP contribution in [-0.4, -0.2) is 50.1 Å². The van der Waals surface area contributed by atoms with E-state index < -0.39 is 20.5 Å². The third-order valence-electron chi connectivity index (χ3n) is 5.11. The Morgan fingerprint density at radius 3 is 2.40 bits per heavy atom. The van der Waals surface area contributed by atoms with Crippen molar-refractivity contribution in [2.24, 2.45) is 0 Å². The Hall–Kier alpha value is -3.31. The van der Waals surface area contributed by atoms with E-state index in [-0.39, 0.29) is 18.5 Å². The molecule has 2 N–H and O–H groups in total. The highest BCUT2D eigenvalue weighted by atomic mass is 32.2. The van der Waals surface area contributed by atoms with Crippen molar-refractivity contribution in [3.63, 3.8) is 0 Å². The second-order valence-electron chi connectivity index (χ2n) is 7.04. The van der Waals surface area contributed by atoms with Crippen LogP contribution in [0.15, 0.2) is 59.8 Å². The lowest BCUT2D eigenvalue weighted by Crippen LogP contribution is -2.49. The third kappa shape index (κ3) is 4.16. The van der Waals surface area contributed by atoms with Gasteiger partial charge >= 0.3 is 0 Å². The zero-order valence-electron chi connectivity index (χ0n) is 16.4. The number of carbonyl (C=O) groups is 1. The Morgan fingerprint density at radius 2 is 1.87 bits per heavy atom. The van der Waals surface area contributed by atoms with Crippen molar-refractivity contribution < 1.29 is 18.4 Å². The minimum absolute atomic E-state index is 0.0126. The number of nitrogens with zero attached hydrogens (tertiary/aromatic N) is 4. The third-order valence-corrected chi connectivity index (χ3v) is 7.14. The van der Waals surface area contributed by atoms with E-state index in [1.165, 1.54) is 23.0 Å². The van der Waals surface area contributed by atoms with Crippen molar-refractivity contribution in [2.45, 2.75) is 24.6 Å². The summed E-state index contributed by atoms with van der Waals surface area (Å²) in [7, 11) is -3.83. The molecule has 0 saturated carbocycles. The molecule has 0 spiro atoms. The first-order valence-electron chi connectivity index (χ1n) is 8.97. The lowest BCUT2D eigenvalue weighted by molar-refractivity contribution is -0.131. The molecular formula is C19H21N5O5S. The average Bonchev–Trinajstić information content (AvgIpc) is 3.26. The van der Waals surface area contributed by atoms with E-state index in [0.29, 0.717) is 5.56 Å². The van der Waals surface area contributed by atoms with Crippen molar-refractivity contribution in [3.8, 4) is 16.8 Å². The molecule has 10 nitrogen and oxygen atoms in total. The van der Waals surface area contributed by atoms with Crippen molar-refractivity contribution >= 4 is 15.7 Å². The molecule has 2 aromatic heterocycles. The molecular weight excluding hydrogens is 410 g/mol. The van der Waals surface area contributed by atoms with Gasteiger partial charge in [0, 0.05) is 25.1 Å². The monoisotopic (exact) mass is 431 g/mol. The number of sulfone groups is 1. The summed E-state index contributed by atoms with van der Waals surface area (Å²) >= 11 is 0. The number of carbonyl (C=O) groups excluding carboxylic acids is 1. The first kappa shape index (κ1) is 21.4. The minimum atomic E-state index is -3.83. The number of benzene rings is 1. The van der Waals surface area contributed by atoms with E-state index in [1.807, 2.05) is 24.3 Å². The fraction of sp³-hybridized carbons (Fsp3) is 0.263. The highest BCUT2D eigenvalue weighted by molar-refractivity contribution is 7.92. The Bertz CT molecular complexity index is 1200. The zero-order valence-corrected chi connectivity index (χ0v) is 17.2. The van der Waals surface area contributed by atoms with Gasteiger partial charge in [-0.3, -0.25) is 14.8 Å². The number of rotatable bonds is 7.